The molecule has 0 aliphatic rings. The minimum Gasteiger partial charge on any atom is -0.481 e. The summed E-state index contributed by atoms with van der Waals surface area (Å²) >= 11 is 0. The standard InChI is InChI=1S/C6H9N3O2/c7-5(3-6(10)11)9-2-1-8-4-9/h1-2,4-5H,3,7H2,(H,10,11). The van der Waals surface area contributed by atoms with Gasteiger partial charge in [-0.3, -0.25) is 4.79 Å². The largest absolute Gasteiger partial charge is 0.481 e. The summed E-state index contributed by atoms with van der Waals surface area (Å²) < 4.78 is 1.55. The minimum atomic E-state index is -0.911. The van der Waals surface area contributed by atoms with E-state index in [0.717, 1.165) is 0 Å². The molecule has 1 aromatic heterocycles. The van der Waals surface area contributed by atoms with Gasteiger partial charge in [-0.05, 0) is 0 Å². The molecule has 0 aliphatic heterocycles. The fourth-order valence-corrected chi connectivity index (χ4v) is 0.750. The molecule has 0 radical (unpaired) electrons. The Kier molecular flexibility index (Phi) is 2.22. The van der Waals surface area contributed by atoms with Gasteiger partial charge < -0.3 is 15.4 Å². The first-order valence-corrected chi connectivity index (χ1v) is 3.15. The van der Waals surface area contributed by atoms with Crippen molar-refractivity contribution in [2.45, 2.75) is 12.6 Å². The fraction of sp³-hybridized carbons (Fsp3) is 0.333. The number of nitrogens with zero attached hydrogens (tertiary/aromatic N) is 2. The predicted molar refractivity (Wildman–Crippen MR) is 37.7 cm³/mol. The van der Waals surface area contributed by atoms with E-state index in [9.17, 15) is 4.79 Å². The topological polar surface area (TPSA) is 81.1 Å². The third kappa shape index (κ3) is 2.05. The second-order valence-corrected chi connectivity index (χ2v) is 2.18. The quantitative estimate of drug-likeness (QED) is 0.634. The Bertz CT molecular complexity index is 232. The smallest absolute Gasteiger partial charge is 0.306 e. The van der Waals surface area contributed by atoms with Crippen molar-refractivity contribution < 1.29 is 9.90 Å². The molecule has 1 aromatic rings. The third-order valence-corrected chi connectivity index (χ3v) is 1.29. The number of aromatic nitrogens is 2. The number of aliphatic carboxylic acids is 1. The molecule has 1 unspecified atom stereocenters. The molecule has 0 fully saturated rings. The van der Waals surface area contributed by atoms with E-state index in [-0.39, 0.29) is 6.42 Å². The summed E-state index contributed by atoms with van der Waals surface area (Å²) in [6.45, 7) is 0. The molecule has 0 saturated heterocycles. The van der Waals surface area contributed by atoms with E-state index in [1.165, 1.54) is 6.33 Å². The van der Waals surface area contributed by atoms with Gasteiger partial charge in [0.2, 0.25) is 0 Å². The molecule has 3 N–H and O–H groups in total. The van der Waals surface area contributed by atoms with Crippen LogP contribution in [0, 0.1) is 0 Å². The molecular weight excluding hydrogens is 146 g/mol. The normalized spacial score (nSPS) is 12.8. The lowest BCUT2D eigenvalue weighted by atomic mass is 10.3. The van der Waals surface area contributed by atoms with E-state index < -0.39 is 12.1 Å². The molecule has 0 spiro atoms. The van der Waals surface area contributed by atoms with Crippen LogP contribution < -0.4 is 5.73 Å². The highest BCUT2D eigenvalue weighted by atomic mass is 16.4. The fourth-order valence-electron chi connectivity index (χ4n) is 0.750. The second kappa shape index (κ2) is 3.16. The van der Waals surface area contributed by atoms with Gasteiger partial charge in [0.1, 0.15) is 0 Å². The molecule has 5 nitrogen and oxygen atoms in total. The van der Waals surface area contributed by atoms with Crippen LogP contribution in [0.5, 0.6) is 0 Å². The van der Waals surface area contributed by atoms with Crippen molar-refractivity contribution in [3.05, 3.63) is 18.7 Å². The van der Waals surface area contributed by atoms with Crippen LogP contribution in [0.2, 0.25) is 0 Å². The summed E-state index contributed by atoms with van der Waals surface area (Å²) in [5.41, 5.74) is 5.48. The van der Waals surface area contributed by atoms with Gasteiger partial charge in [-0.25, -0.2) is 4.98 Å². The van der Waals surface area contributed by atoms with Crippen molar-refractivity contribution in [1.29, 1.82) is 0 Å². The summed E-state index contributed by atoms with van der Waals surface area (Å²) in [5.74, 6) is -0.911. The summed E-state index contributed by atoms with van der Waals surface area (Å²) in [4.78, 5) is 13.9. The van der Waals surface area contributed by atoms with Gasteiger partial charge >= 0.3 is 5.97 Å². The zero-order valence-corrected chi connectivity index (χ0v) is 5.84. The number of carboxylic acids is 1. The Morgan fingerprint density at radius 1 is 1.82 bits per heavy atom. The number of rotatable bonds is 3. The average molecular weight is 155 g/mol. The molecule has 0 amide bonds. The highest BCUT2D eigenvalue weighted by Crippen LogP contribution is 2.01. The molecule has 1 rings (SSSR count). The van der Waals surface area contributed by atoms with Crippen molar-refractivity contribution >= 4 is 5.97 Å². The Morgan fingerprint density at radius 3 is 3.00 bits per heavy atom. The van der Waals surface area contributed by atoms with Crippen LogP contribution in [0.1, 0.15) is 12.6 Å². The summed E-state index contributed by atoms with van der Waals surface area (Å²) in [7, 11) is 0. The molecule has 0 aromatic carbocycles. The van der Waals surface area contributed by atoms with E-state index in [1.807, 2.05) is 0 Å². The molecule has 60 valence electrons. The molecule has 5 heteroatoms. The van der Waals surface area contributed by atoms with E-state index >= 15 is 0 Å². The van der Waals surface area contributed by atoms with Gasteiger partial charge in [0.15, 0.2) is 0 Å². The van der Waals surface area contributed by atoms with Crippen molar-refractivity contribution in [3.8, 4) is 0 Å². The highest BCUT2D eigenvalue weighted by Gasteiger charge is 2.07. The third-order valence-electron chi connectivity index (χ3n) is 1.29. The number of nitrogens with two attached hydrogens (primary N) is 1. The van der Waals surface area contributed by atoms with Crippen molar-refractivity contribution in [1.82, 2.24) is 9.55 Å². The van der Waals surface area contributed by atoms with E-state index in [2.05, 4.69) is 4.98 Å². The maximum atomic E-state index is 10.2. The SMILES string of the molecule is NC(CC(=O)O)n1ccnc1. The van der Waals surface area contributed by atoms with Gasteiger partial charge in [-0.2, -0.15) is 0 Å². The molecule has 0 aliphatic carbocycles. The van der Waals surface area contributed by atoms with Crippen LogP contribution >= 0.6 is 0 Å². The molecular formula is C6H9N3O2. The van der Waals surface area contributed by atoms with Crippen molar-refractivity contribution in [3.63, 3.8) is 0 Å². The summed E-state index contributed by atoms with van der Waals surface area (Å²) in [6, 6.07) is 0. The molecule has 1 atom stereocenters. The Morgan fingerprint density at radius 2 is 2.55 bits per heavy atom. The lowest BCUT2D eigenvalue weighted by Gasteiger charge is -2.08. The molecule has 11 heavy (non-hydrogen) atoms. The number of hydrogen-bond acceptors (Lipinski definition) is 3. The molecule has 0 saturated carbocycles. The summed E-state index contributed by atoms with van der Waals surface area (Å²) in [5, 5.41) is 8.37. The lowest BCUT2D eigenvalue weighted by molar-refractivity contribution is -0.137. The Balaban J connectivity index is 2.56. The second-order valence-electron chi connectivity index (χ2n) is 2.18. The minimum absolute atomic E-state index is 0.0869. The maximum Gasteiger partial charge on any atom is 0.306 e. The first-order valence-electron chi connectivity index (χ1n) is 3.15. The van der Waals surface area contributed by atoms with Gasteiger partial charge in [0, 0.05) is 12.4 Å². The van der Waals surface area contributed by atoms with E-state index in [0.29, 0.717) is 0 Å². The van der Waals surface area contributed by atoms with Gasteiger partial charge in [-0.15, -0.1) is 0 Å². The number of imidazole rings is 1. The Hall–Kier alpha value is -1.36. The first kappa shape index (κ1) is 7.74. The van der Waals surface area contributed by atoms with Crippen LogP contribution in [0.15, 0.2) is 18.7 Å². The maximum absolute atomic E-state index is 10.2. The molecule has 1 heterocycles. The first-order chi connectivity index (χ1) is 5.20. The van der Waals surface area contributed by atoms with Crippen LogP contribution in [0.4, 0.5) is 0 Å². The van der Waals surface area contributed by atoms with Crippen LogP contribution in [-0.4, -0.2) is 20.6 Å². The van der Waals surface area contributed by atoms with Crippen LogP contribution in [0.25, 0.3) is 0 Å². The summed E-state index contributed by atoms with van der Waals surface area (Å²) in [6.07, 6.45) is 4.08. The highest BCUT2D eigenvalue weighted by molar-refractivity contribution is 5.67. The van der Waals surface area contributed by atoms with Crippen molar-refractivity contribution in [2.75, 3.05) is 0 Å². The predicted octanol–water partition coefficient (Wildman–Crippen LogP) is -0.185. The zero-order valence-electron chi connectivity index (χ0n) is 5.84. The number of hydrogen-bond donors (Lipinski definition) is 2. The van der Waals surface area contributed by atoms with Crippen LogP contribution in [0.3, 0.4) is 0 Å². The number of carboxylic acid groups (broad SMARTS) is 1. The van der Waals surface area contributed by atoms with Gasteiger partial charge in [-0.1, -0.05) is 0 Å². The monoisotopic (exact) mass is 155 g/mol. The lowest BCUT2D eigenvalue weighted by Crippen LogP contribution is -2.20. The van der Waals surface area contributed by atoms with Crippen LogP contribution in [-0.2, 0) is 4.79 Å². The van der Waals surface area contributed by atoms with Gasteiger partial charge in [0.25, 0.3) is 0 Å². The van der Waals surface area contributed by atoms with E-state index in [4.69, 9.17) is 10.8 Å². The number of carbonyl (C=O) groups is 1. The Labute approximate surface area is 63.5 Å². The van der Waals surface area contributed by atoms with Crippen molar-refractivity contribution in [2.24, 2.45) is 5.73 Å². The zero-order chi connectivity index (χ0) is 8.27. The molecule has 0 bridgehead atoms. The van der Waals surface area contributed by atoms with Gasteiger partial charge in [0.05, 0.1) is 18.9 Å². The average Bonchev–Trinajstić information content (AvgIpc) is 2.35. The van der Waals surface area contributed by atoms with E-state index in [1.54, 1.807) is 17.0 Å².